The molecule has 1 saturated heterocycles. The second-order valence-corrected chi connectivity index (χ2v) is 5.78. The second-order valence-electron chi connectivity index (χ2n) is 5.78. The molecule has 5 heteroatoms. The van der Waals surface area contributed by atoms with Crippen molar-refractivity contribution in [2.24, 2.45) is 11.7 Å². The van der Waals surface area contributed by atoms with Gasteiger partial charge in [0.25, 0.3) is 5.91 Å². The van der Waals surface area contributed by atoms with Crippen LogP contribution < -0.4 is 11.1 Å². The molecular formula is C16H23N3O2. The number of rotatable bonds is 3. The Balaban J connectivity index is 2.11. The van der Waals surface area contributed by atoms with Gasteiger partial charge in [0.05, 0.1) is 6.54 Å². The Labute approximate surface area is 125 Å². The van der Waals surface area contributed by atoms with E-state index in [1.807, 2.05) is 17.9 Å². The number of amides is 2. The first kappa shape index (κ1) is 15.5. The Morgan fingerprint density at radius 2 is 2.19 bits per heavy atom. The van der Waals surface area contributed by atoms with Gasteiger partial charge in [-0.3, -0.25) is 9.59 Å². The van der Waals surface area contributed by atoms with Crippen LogP contribution in [-0.4, -0.2) is 36.3 Å². The van der Waals surface area contributed by atoms with E-state index in [0.29, 0.717) is 17.2 Å². The topological polar surface area (TPSA) is 75.4 Å². The van der Waals surface area contributed by atoms with Crippen molar-refractivity contribution in [3.05, 3.63) is 29.3 Å². The SMILES string of the molecule is Cc1cc(C(=O)N2CCCC(C)C2)ccc1NC(=O)CN. The molecule has 1 aliphatic rings. The molecule has 1 aliphatic heterocycles. The van der Waals surface area contributed by atoms with Crippen LogP contribution in [-0.2, 0) is 4.79 Å². The molecule has 0 spiro atoms. The zero-order valence-electron chi connectivity index (χ0n) is 12.7. The molecular weight excluding hydrogens is 266 g/mol. The molecule has 0 saturated carbocycles. The van der Waals surface area contributed by atoms with Gasteiger partial charge in [0.1, 0.15) is 0 Å². The number of aryl methyl sites for hydroxylation is 1. The van der Waals surface area contributed by atoms with E-state index in [-0.39, 0.29) is 18.4 Å². The number of nitrogens with zero attached hydrogens (tertiary/aromatic N) is 1. The number of nitrogens with one attached hydrogen (secondary N) is 1. The van der Waals surface area contributed by atoms with E-state index in [0.717, 1.165) is 25.1 Å². The van der Waals surface area contributed by atoms with Crippen molar-refractivity contribution in [2.75, 3.05) is 25.0 Å². The van der Waals surface area contributed by atoms with Crippen molar-refractivity contribution < 1.29 is 9.59 Å². The van der Waals surface area contributed by atoms with Crippen LogP contribution in [0.3, 0.4) is 0 Å². The lowest BCUT2D eigenvalue weighted by Gasteiger charge is -2.31. The number of likely N-dealkylation sites (tertiary alicyclic amines) is 1. The average Bonchev–Trinajstić information content (AvgIpc) is 2.48. The maximum Gasteiger partial charge on any atom is 0.253 e. The monoisotopic (exact) mass is 289 g/mol. The third-order valence-electron chi connectivity index (χ3n) is 3.88. The van der Waals surface area contributed by atoms with Gasteiger partial charge in [-0.1, -0.05) is 6.92 Å². The van der Waals surface area contributed by atoms with Gasteiger partial charge in [0, 0.05) is 24.3 Å². The molecule has 0 radical (unpaired) electrons. The van der Waals surface area contributed by atoms with Gasteiger partial charge in [0.15, 0.2) is 0 Å². The minimum atomic E-state index is -0.234. The van der Waals surface area contributed by atoms with Crippen molar-refractivity contribution in [3.8, 4) is 0 Å². The van der Waals surface area contributed by atoms with E-state index < -0.39 is 0 Å². The Bertz CT molecular complexity index is 542. The molecule has 2 rings (SSSR count). The van der Waals surface area contributed by atoms with Gasteiger partial charge in [-0.25, -0.2) is 0 Å². The summed E-state index contributed by atoms with van der Waals surface area (Å²) in [7, 11) is 0. The number of nitrogens with two attached hydrogens (primary N) is 1. The molecule has 114 valence electrons. The quantitative estimate of drug-likeness (QED) is 0.890. The van der Waals surface area contributed by atoms with Gasteiger partial charge in [-0.2, -0.15) is 0 Å². The first-order valence-electron chi connectivity index (χ1n) is 7.41. The number of anilines is 1. The van der Waals surface area contributed by atoms with Crippen LogP contribution in [0.2, 0.25) is 0 Å². The third kappa shape index (κ3) is 3.82. The second kappa shape index (κ2) is 6.72. The highest BCUT2D eigenvalue weighted by molar-refractivity contribution is 5.97. The molecule has 0 bridgehead atoms. The lowest BCUT2D eigenvalue weighted by atomic mass is 9.99. The summed E-state index contributed by atoms with van der Waals surface area (Å²) in [6, 6.07) is 5.36. The average molecular weight is 289 g/mol. The first-order valence-corrected chi connectivity index (χ1v) is 7.41. The van der Waals surface area contributed by atoms with Crippen LogP contribution in [0.5, 0.6) is 0 Å². The van der Waals surface area contributed by atoms with Crippen molar-refractivity contribution in [2.45, 2.75) is 26.7 Å². The Morgan fingerprint density at radius 3 is 2.81 bits per heavy atom. The van der Waals surface area contributed by atoms with Gasteiger partial charge in [-0.15, -0.1) is 0 Å². The molecule has 3 N–H and O–H groups in total. The van der Waals surface area contributed by atoms with Gasteiger partial charge < -0.3 is 16.0 Å². The fourth-order valence-electron chi connectivity index (χ4n) is 2.69. The Morgan fingerprint density at radius 1 is 1.43 bits per heavy atom. The van der Waals surface area contributed by atoms with Gasteiger partial charge in [-0.05, 0) is 49.4 Å². The minimum Gasteiger partial charge on any atom is -0.338 e. The number of carbonyl (C=O) groups excluding carboxylic acids is 2. The summed E-state index contributed by atoms with van der Waals surface area (Å²) in [5.74, 6) is 0.398. The minimum absolute atomic E-state index is 0.0498. The summed E-state index contributed by atoms with van der Waals surface area (Å²) in [5, 5.41) is 2.72. The zero-order valence-corrected chi connectivity index (χ0v) is 12.7. The number of piperidine rings is 1. The first-order chi connectivity index (χ1) is 10.0. The van der Waals surface area contributed by atoms with E-state index in [2.05, 4.69) is 12.2 Å². The number of hydrogen-bond acceptors (Lipinski definition) is 3. The highest BCUT2D eigenvalue weighted by Gasteiger charge is 2.22. The number of hydrogen-bond donors (Lipinski definition) is 2. The molecule has 0 aromatic heterocycles. The molecule has 2 amide bonds. The van der Waals surface area contributed by atoms with Crippen molar-refractivity contribution >= 4 is 17.5 Å². The smallest absolute Gasteiger partial charge is 0.253 e. The summed E-state index contributed by atoms with van der Waals surface area (Å²) in [6.45, 7) is 5.65. The van der Waals surface area contributed by atoms with Crippen LogP contribution in [0.25, 0.3) is 0 Å². The Hall–Kier alpha value is -1.88. The van der Waals surface area contributed by atoms with Crippen molar-refractivity contribution in [1.29, 1.82) is 0 Å². The highest BCUT2D eigenvalue weighted by Crippen LogP contribution is 2.21. The summed E-state index contributed by atoms with van der Waals surface area (Å²) in [5.41, 5.74) is 7.53. The largest absolute Gasteiger partial charge is 0.338 e. The van der Waals surface area contributed by atoms with Crippen LogP contribution in [0.15, 0.2) is 18.2 Å². The van der Waals surface area contributed by atoms with Crippen LogP contribution in [0.4, 0.5) is 5.69 Å². The molecule has 0 aliphatic carbocycles. The molecule has 1 atom stereocenters. The summed E-state index contributed by atoms with van der Waals surface area (Å²) < 4.78 is 0. The van der Waals surface area contributed by atoms with Crippen molar-refractivity contribution in [1.82, 2.24) is 4.90 Å². The molecule has 21 heavy (non-hydrogen) atoms. The molecule has 1 unspecified atom stereocenters. The molecule has 1 fully saturated rings. The van der Waals surface area contributed by atoms with Gasteiger partial charge >= 0.3 is 0 Å². The maximum atomic E-state index is 12.5. The third-order valence-corrected chi connectivity index (χ3v) is 3.88. The number of benzene rings is 1. The van der Waals surface area contributed by atoms with E-state index in [4.69, 9.17) is 5.73 Å². The fourth-order valence-corrected chi connectivity index (χ4v) is 2.69. The molecule has 1 aromatic carbocycles. The van der Waals surface area contributed by atoms with E-state index in [9.17, 15) is 9.59 Å². The van der Waals surface area contributed by atoms with Crippen molar-refractivity contribution in [3.63, 3.8) is 0 Å². The lowest BCUT2D eigenvalue weighted by Crippen LogP contribution is -2.39. The fraction of sp³-hybridized carbons (Fsp3) is 0.500. The normalized spacial score (nSPS) is 18.4. The van der Waals surface area contributed by atoms with E-state index in [1.165, 1.54) is 6.42 Å². The summed E-state index contributed by atoms with van der Waals surface area (Å²) in [4.78, 5) is 25.7. The lowest BCUT2D eigenvalue weighted by molar-refractivity contribution is -0.114. The molecule has 5 nitrogen and oxygen atoms in total. The maximum absolute atomic E-state index is 12.5. The van der Waals surface area contributed by atoms with Crippen LogP contribution >= 0.6 is 0 Å². The molecule has 1 aromatic rings. The van der Waals surface area contributed by atoms with Crippen LogP contribution in [0.1, 0.15) is 35.7 Å². The van der Waals surface area contributed by atoms with E-state index >= 15 is 0 Å². The summed E-state index contributed by atoms with van der Waals surface area (Å²) in [6.07, 6.45) is 2.25. The summed E-state index contributed by atoms with van der Waals surface area (Å²) >= 11 is 0. The number of carbonyl (C=O) groups is 2. The predicted molar refractivity (Wildman–Crippen MR) is 83.2 cm³/mol. The predicted octanol–water partition coefficient (Wildman–Crippen LogP) is 1.76. The standard InChI is InChI=1S/C16H23N3O2/c1-11-4-3-7-19(10-11)16(21)13-5-6-14(12(2)8-13)18-15(20)9-17/h5-6,8,11H,3-4,7,9-10,17H2,1-2H3,(H,18,20). The van der Waals surface area contributed by atoms with Gasteiger partial charge in [0.2, 0.25) is 5.91 Å². The molecule has 1 heterocycles. The highest BCUT2D eigenvalue weighted by atomic mass is 16.2. The van der Waals surface area contributed by atoms with Crippen LogP contribution in [0, 0.1) is 12.8 Å². The zero-order chi connectivity index (χ0) is 15.4. The van der Waals surface area contributed by atoms with E-state index in [1.54, 1.807) is 12.1 Å². The Kier molecular flexibility index (Phi) is 4.96.